The number of nitrogens with one attached hydrogen (secondary N) is 1. The van der Waals surface area contributed by atoms with Gasteiger partial charge in [0.05, 0.1) is 37.3 Å². The van der Waals surface area contributed by atoms with Crippen molar-refractivity contribution in [2.24, 2.45) is 0 Å². The Kier molecular flexibility index (Phi) is 7.52. The number of benzene rings is 2. The molecule has 0 atom stereocenters. The first-order chi connectivity index (χ1) is 13.1. The number of thioether (sulfide) groups is 1. The summed E-state index contributed by atoms with van der Waals surface area (Å²) in [4.78, 5) is 24.6. The fourth-order valence-corrected chi connectivity index (χ4v) is 2.84. The molecule has 0 radical (unpaired) electrons. The smallest absolute Gasteiger partial charge is 0.337 e. The second-order valence-corrected chi connectivity index (χ2v) is 6.15. The Morgan fingerprint density at radius 2 is 1.93 bits per heavy atom. The van der Waals surface area contributed by atoms with Crippen LogP contribution in [0.4, 0.5) is 5.69 Å². The van der Waals surface area contributed by atoms with Gasteiger partial charge in [-0.25, -0.2) is 4.79 Å². The average molecular weight is 386 g/mol. The fraction of sp³-hybridized carbons (Fsp3) is 0.211. The van der Waals surface area contributed by atoms with Crippen LogP contribution in [0.5, 0.6) is 11.5 Å². The molecule has 140 valence electrons. The summed E-state index contributed by atoms with van der Waals surface area (Å²) in [5.74, 6) is 0.0685. The minimum atomic E-state index is -0.496. The lowest BCUT2D eigenvalue weighted by molar-refractivity contribution is -0.118. The van der Waals surface area contributed by atoms with E-state index in [4.69, 9.17) is 14.7 Å². The quantitative estimate of drug-likeness (QED) is 0.550. The van der Waals surface area contributed by atoms with Crippen LogP contribution in [0.3, 0.4) is 0 Å². The number of hydrogen-bond acceptors (Lipinski definition) is 7. The largest absolute Gasteiger partial charge is 0.493 e. The molecule has 2 aromatic rings. The number of rotatable bonds is 8. The van der Waals surface area contributed by atoms with Gasteiger partial charge in [0.25, 0.3) is 5.91 Å². The van der Waals surface area contributed by atoms with E-state index >= 15 is 0 Å². The van der Waals surface area contributed by atoms with Gasteiger partial charge in [-0.2, -0.15) is 5.26 Å². The van der Waals surface area contributed by atoms with E-state index in [1.165, 1.54) is 44.2 Å². The molecular weight excluding hydrogens is 368 g/mol. The highest BCUT2D eigenvalue weighted by atomic mass is 32.2. The Labute approximate surface area is 161 Å². The predicted molar refractivity (Wildman–Crippen MR) is 101 cm³/mol. The summed E-state index contributed by atoms with van der Waals surface area (Å²) < 4.78 is 15.4. The molecule has 7 nitrogen and oxygen atoms in total. The molecule has 0 spiro atoms. The van der Waals surface area contributed by atoms with Crippen molar-refractivity contribution in [3.8, 4) is 17.6 Å². The van der Waals surface area contributed by atoms with Crippen LogP contribution in [0, 0.1) is 11.3 Å². The lowest BCUT2D eigenvalue weighted by Gasteiger charge is -2.13. The average Bonchev–Trinajstić information content (AvgIpc) is 2.70. The van der Waals surface area contributed by atoms with Crippen molar-refractivity contribution in [2.75, 3.05) is 31.9 Å². The minimum Gasteiger partial charge on any atom is -0.493 e. The molecule has 0 bridgehead atoms. The molecule has 1 N–H and O–H groups in total. The number of nitriles is 1. The zero-order valence-corrected chi connectivity index (χ0v) is 15.7. The lowest BCUT2D eigenvalue weighted by atomic mass is 10.2. The first kappa shape index (κ1) is 20.1. The number of esters is 1. The zero-order valence-electron chi connectivity index (χ0n) is 14.9. The molecule has 0 saturated heterocycles. The summed E-state index contributed by atoms with van der Waals surface area (Å²) in [6, 6.07) is 13.8. The van der Waals surface area contributed by atoms with Crippen molar-refractivity contribution in [3.05, 3.63) is 48.0 Å². The normalized spacial score (nSPS) is 9.81. The molecule has 2 aromatic carbocycles. The Balaban J connectivity index is 2.02. The van der Waals surface area contributed by atoms with Gasteiger partial charge in [0.2, 0.25) is 0 Å². The summed E-state index contributed by atoms with van der Waals surface area (Å²) in [6.45, 7) is -0.245. The number of nitrogens with zero attached hydrogens (tertiary/aromatic N) is 1. The van der Waals surface area contributed by atoms with Gasteiger partial charge in [0, 0.05) is 4.90 Å². The number of carbonyl (C=O) groups is 2. The predicted octanol–water partition coefficient (Wildman–Crippen LogP) is 3.11. The molecule has 0 fully saturated rings. The van der Waals surface area contributed by atoms with E-state index in [2.05, 4.69) is 16.1 Å². The maximum absolute atomic E-state index is 12.2. The summed E-state index contributed by atoms with van der Waals surface area (Å²) in [6.07, 6.45) is 0. The topological polar surface area (TPSA) is 97.6 Å². The standard InChI is InChI=1S/C19H18N2O5S/c1-24-16-11-13(19(23)25-2)7-8-15(16)26-12-18(22)21-14-5-3-4-6-17(14)27-10-9-20/h3-8,11H,10,12H2,1-2H3,(H,21,22). The second kappa shape index (κ2) is 10.1. The molecule has 8 heteroatoms. The molecule has 0 saturated carbocycles. The van der Waals surface area contributed by atoms with Crippen molar-refractivity contribution in [2.45, 2.75) is 4.90 Å². The van der Waals surface area contributed by atoms with Crippen LogP contribution in [0.15, 0.2) is 47.4 Å². The van der Waals surface area contributed by atoms with Gasteiger partial charge in [-0.3, -0.25) is 4.79 Å². The lowest BCUT2D eigenvalue weighted by Crippen LogP contribution is -2.20. The number of carbonyl (C=O) groups excluding carboxylic acids is 2. The number of para-hydroxylation sites is 1. The SMILES string of the molecule is COC(=O)c1ccc(OCC(=O)Nc2ccccc2SCC#N)c(OC)c1. The number of amides is 1. The Morgan fingerprint density at radius 1 is 1.15 bits per heavy atom. The van der Waals surface area contributed by atoms with E-state index in [1.54, 1.807) is 12.1 Å². The van der Waals surface area contributed by atoms with Crippen molar-refractivity contribution < 1.29 is 23.8 Å². The maximum atomic E-state index is 12.2. The summed E-state index contributed by atoms with van der Waals surface area (Å²) in [7, 11) is 2.72. The molecule has 0 aliphatic rings. The summed E-state index contributed by atoms with van der Waals surface area (Å²) in [5.41, 5.74) is 0.925. The second-order valence-electron chi connectivity index (χ2n) is 5.14. The molecule has 1 amide bonds. The van der Waals surface area contributed by atoms with Crippen LogP contribution in [-0.4, -0.2) is 38.5 Å². The van der Waals surface area contributed by atoms with E-state index < -0.39 is 5.97 Å². The van der Waals surface area contributed by atoms with Crippen molar-refractivity contribution >= 4 is 29.3 Å². The third-order valence-electron chi connectivity index (χ3n) is 3.40. The molecule has 0 heterocycles. The van der Waals surface area contributed by atoms with E-state index in [0.717, 1.165) is 4.90 Å². The van der Waals surface area contributed by atoms with Crippen LogP contribution in [0.2, 0.25) is 0 Å². The molecule has 0 aliphatic heterocycles. The monoisotopic (exact) mass is 386 g/mol. The van der Waals surface area contributed by atoms with Crippen molar-refractivity contribution in [3.63, 3.8) is 0 Å². The minimum absolute atomic E-state index is 0.245. The van der Waals surface area contributed by atoms with Gasteiger partial charge < -0.3 is 19.5 Å². The molecule has 0 unspecified atom stereocenters. The highest BCUT2D eigenvalue weighted by molar-refractivity contribution is 7.99. The highest BCUT2D eigenvalue weighted by Crippen LogP contribution is 2.29. The van der Waals surface area contributed by atoms with Crippen LogP contribution < -0.4 is 14.8 Å². The van der Waals surface area contributed by atoms with Gasteiger partial charge in [-0.15, -0.1) is 11.8 Å². The van der Waals surface area contributed by atoms with Crippen molar-refractivity contribution in [1.29, 1.82) is 5.26 Å². The van der Waals surface area contributed by atoms with Crippen molar-refractivity contribution in [1.82, 2.24) is 0 Å². The highest BCUT2D eigenvalue weighted by Gasteiger charge is 2.13. The van der Waals surface area contributed by atoms with Gasteiger partial charge in [0.1, 0.15) is 0 Å². The number of anilines is 1. The number of hydrogen-bond donors (Lipinski definition) is 1. The van der Waals surface area contributed by atoms with Gasteiger partial charge in [0.15, 0.2) is 18.1 Å². The fourth-order valence-electron chi connectivity index (χ4n) is 2.17. The first-order valence-electron chi connectivity index (χ1n) is 7.86. The zero-order chi connectivity index (χ0) is 19.6. The maximum Gasteiger partial charge on any atom is 0.337 e. The third kappa shape index (κ3) is 5.66. The van der Waals surface area contributed by atoms with Crippen LogP contribution in [-0.2, 0) is 9.53 Å². The molecule has 0 aromatic heterocycles. The third-order valence-corrected chi connectivity index (χ3v) is 4.34. The van der Waals surface area contributed by atoms with Gasteiger partial charge in [-0.05, 0) is 30.3 Å². The van der Waals surface area contributed by atoms with Crippen LogP contribution >= 0.6 is 11.8 Å². The molecule has 2 rings (SSSR count). The van der Waals surface area contributed by atoms with E-state index in [-0.39, 0.29) is 18.3 Å². The van der Waals surface area contributed by atoms with E-state index in [9.17, 15) is 9.59 Å². The number of methoxy groups -OCH3 is 2. The van der Waals surface area contributed by atoms with Gasteiger partial charge >= 0.3 is 5.97 Å². The van der Waals surface area contributed by atoms with E-state index in [1.807, 2.05) is 12.1 Å². The molecule has 0 aliphatic carbocycles. The first-order valence-corrected chi connectivity index (χ1v) is 8.85. The molecular formula is C19H18N2O5S. The Morgan fingerprint density at radius 3 is 2.63 bits per heavy atom. The number of ether oxygens (including phenoxy) is 3. The van der Waals surface area contributed by atoms with E-state index in [0.29, 0.717) is 22.7 Å². The van der Waals surface area contributed by atoms with Crippen LogP contribution in [0.1, 0.15) is 10.4 Å². The Bertz CT molecular complexity index is 863. The summed E-state index contributed by atoms with van der Waals surface area (Å²) in [5, 5.41) is 11.5. The Hall–Kier alpha value is -3.18. The summed E-state index contributed by atoms with van der Waals surface area (Å²) >= 11 is 1.34. The van der Waals surface area contributed by atoms with Crippen LogP contribution in [0.25, 0.3) is 0 Å². The van der Waals surface area contributed by atoms with Gasteiger partial charge in [-0.1, -0.05) is 12.1 Å². The molecule has 27 heavy (non-hydrogen) atoms.